The van der Waals surface area contributed by atoms with Gasteiger partial charge in [-0.1, -0.05) is 60.5 Å². The maximum atomic E-state index is 12.2. The average Bonchev–Trinajstić information content (AvgIpc) is 2.73. The predicted molar refractivity (Wildman–Crippen MR) is 111 cm³/mol. The Balaban J connectivity index is 1.70. The second-order valence-corrected chi connectivity index (χ2v) is 6.54. The molecule has 0 aromatic heterocycles. The van der Waals surface area contributed by atoms with Crippen molar-refractivity contribution in [3.8, 4) is 11.1 Å². The summed E-state index contributed by atoms with van der Waals surface area (Å²) >= 11 is 0. The first-order chi connectivity index (χ1) is 13.6. The third-order valence-electron chi connectivity index (χ3n) is 4.43. The van der Waals surface area contributed by atoms with E-state index < -0.39 is 0 Å². The lowest BCUT2D eigenvalue weighted by Gasteiger charge is -2.08. The Bertz CT molecular complexity index is 804. The lowest BCUT2D eigenvalue weighted by molar-refractivity contribution is -0.116. The maximum Gasteiger partial charge on any atom is 0.268 e. The summed E-state index contributed by atoms with van der Waals surface area (Å²) in [7, 11) is 1.50. The largest absolute Gasteiger partial charge is 0.410 e. The van der Waals surface area contributed by atoms with Crippen LogP contribution in [-0.2, 0) is 9.59 Å². The monoisotopic (exact) mass is 381 g/mol. The Kier molecular flexibility index (Phi) is 8.72. The van der Waals surface area contributed by atoms with Gasteiger partial charge in [0.25, 0.3) is 5.91 Å². The van der Waals surface area contributed by atoms with E-state index in [1.165, 1.54) is 7.05 Å². The zero-order chi connectivity index (χ0) is 20.2. The van der Waals surface area contributed by atoms with Gasteiger partial charge >= 0.3 is 0 Å². The van der Waals surface area contributed by atoms with Gasteiger partial charge in [0.2, 0.25) is 5.91 Å². The quantitative estimate of drug-likeness (QED) is 0.249. The van der Waals surface area contributed by atoms with Crippen LogP contribution in [0.5, 0.6) is 0 Å². The smallest absolute Gasteiger partial charge is 0.268 e. The van der Waals surface area contributed by atoms with Crippen molar-refractivity contribution in [2.75, 3.05) is 12.4 Å². The highest BCUT2D eigenvalue weighted by Gasteiger charge is 2.09. The van der Waals surface area contributed by atoms with Gasteiger partial charge in [0.05, 0.1) is 0 Å². The van der Waals surface area contributed by atoms with Crippen LogP contribution in [-0.4, -0.2) is 29.8 Å². The van der Waals surface area contributed by atoms with Gasteiger partial charge in [0.1, 0.15) is 5.71 Å². The molecule has 0 fully saturated rings. The molecular weight excluding hydrogens is 354 g/mol. The zero-order valence-corrected chi connectivity index (χ0v) is 16.1. The number of oxime groups is 1. The molecule has 2 aromatic carbocycles. The lowest BCUT2D eigenvalue weighted by atomic mass is 10.1. The highest BCUT2D eigenvalue weighted by Crippen LogP contribution is 2.22. The van der Waals surface area contributed by atoms with Gasteiger partial charge in [-0.15, -0.1) is 0 Å². The van der Waals surface area contributed by atoms with Crippen LogP contribution in [0.4, 0.5) is 5.69 Å². The minimum absolute atomic E-state index is 0.00631. The number of nitrogens with one attached hydrogen (secondary N) is 2. The van der Waals surface area contributed by atoms with Crippen LogP contribution in [0.2, 0.25) is 0 Å². The average molecular weight is 381 g/mol. The van der Waals surface area contributed by atoms with Crippen molar-refractivity contribution >= 4 is 23.2 Å². The van der Waals surface area contributed by atoms with Crippen LogP contribution >= 0.6 is 0 Å². The molecule has 0 aliphatic heterocycles. The van der Waals surface area contributed by atoms with Crippen LogP contribution in [0.3, 0.4) is 0 Å². The summed E-state index contributed by atoms with van der Waals surface area (Å²) in [4.78, 5) is 23.5. The first-order valence-electron chi connectivity index (χ1n) is 9.52. The van der Waals surface area contributed by atoms with Gasteiger partial charge < -0.3 is 15.8 Å². The third-order valence-corrected chi connectivity index (χ3v) is 4.43. The Hall–Kier alpha value is -3.15. The Labute approximate surface area is 165 Å². The highest BCUT2D eigenvalue weighted by atomic mass is 16.4. The number of hydrogen-bond donors (Lipinski definition) is 3. The van der Waals surface area contributed by atoms with E-state index in [-0.39, 0.29) is 17.5 Å². The molecular formula is C22H27N3O3. The molecule has 28 heavy (non-hydrogen) atoms. The normalized spacial score (nSPS) is 11.1. The summed E-state index contributed by atoms with van der Waals surface area (Å²) in [6.45, 7) is 0. The fraction of sp³-hybridized carbons (Fsp3) is 0.318. The number of carbonyl (C=O) groups excluding carboxylic acids is 2. The SMILES string of the molecule is CNC(=O)/C(CCCCCCC(=O)Nc1cccc(-c2ccccc2)c1)=N\O. The van der Waals surface area contributed by atoms with Gasteiger partial charge in [0.15, 0.2) is 0 Å². The molecule has 2 aromatic rings. The maximum absolute atomic E-state index is 12.2. The molecule has 0 saturated heterocycles. The fourth-order valence-electron chi connectivity index (χ4n) is 2.92. The predicted octanol–water partition coefficient (Wildman–Crippen LogP) is 4.21. The molecule has 0 bridgehead atoms. The standard InChI is InChI=1S/C22H27N3O3/c1-23-22(27)20(25-28)14-7-2-3-8-15-21(26)24-19-13-9-12-18(16-19)17-10-5-4-6-11-17/h4-6,9-13,16,28H,2-3,7-8,14-15H2,1H3,(H,23,27)(H,24,26)/b25-20-. The van der Waals surface area contributed by atoms with Gasteiger partial charge in [-0.2, -0.15) is 0 Å². The molecule has 6 heteroatoms. The summed E-state index contributed by atoms with van der Waals surface area (Å²) in [5.74, 6) is -0.368. The molecule has 0 heterocycles. The number of benzene rings is 2. The number of hydrogen-bond acceptors (Lipinski definition) is 4. The van der Waals surface area contributed by atoms with Crippen LogP contribution in [0, 0.1) is 0 Å². The van der Waals surface area contributed by atoms with Crippen LogP contribution in [0.25, 0.3) is 11.1 Å². The Morgan fingerprint density at radius 3 is 2.25 bits per heavy atom. The van der Waals surface area contributed by atoms with E-state index in [4.69, 9.17) is 5.21 Å². The molecule has 0 atom stereocenters. The van der Waals surface area contributed by atoms with Crippen molar-refractivity contribution < 1.29 is 14.8 Å². The van der Waals surface area contributed by atoms with Crippen molar-refractivity contribution in [2.24, 2.45) is 5.16 Å². The second kappa shape index (κ2) is 11.5. The Morgan fingerprint density at radius 1 is 0.893 bits per heavy atom. The molecule has 0 unspecified atom stereocenters. The first-order valence-corrected chi connectivity index (χ1v) is 9.52. The third kappa shape index (κ3) is 6.87. The number of anilines is 1. The van der Waals surface area contributed by atoms with Crippen molar-refractivity contribution in [1.29, 1.82) is 0 Å². The molecule has 148 valence electrons. The van der Waals surface area contributed by atoms with Crippen molar-refractivity contribution in [2.45, 2.75) is 38.5 Å². The summed E-state index contributed by atoms with van der Waals surface area (Å²) in [5, 5.41) is 17.2. The molecule has 6 nitrogen and oxygen atoms in total. The minimum Gasteiger partial charge on any atom is -0.410 e. The van der Waals surface area contributed by atoms with Gasteiger partial charge in [-0.25, -0.2) is 0 Å². The zero-order valence-electron chi connectivity index (χ0n) is 16.1. The van der Waals surface area contributed by atoms with E-state index >= 15 is 0 Å². The van der Waals surface area contributed by atoms with Crippen LogP contribution in [0.1, 0.15) is 38.5 Å². The van der Waals surface area contributed by atoms with Crippen molar-refractivity contribution in [1.82, 2.24) is 5.32 Å². The van der Waals surface area contributed by atoms with Gasteiger partial charge in [-0.05, 0) is 42.5 Å². The van der Waals surface area contributed by atoms with Gasteiger partial charge in [-0.3, -0.25) is 9.59 Å². The van der Waals surface area contributed by atoms with E-state index in [0.29, 0.717) is 12.8 Å². The Morgan fingerprint density at radius 2 is 1.57 bits per heavy atom. The van der Waals surface area contributed by atoms with Crippen LogP contribution < -0.4 is 10.6 Å². The molecule has 0 spiro atoms. The molecule has 2 amide bonds. The highest BCUT2D eigenvalue weighted by molar-refractivity contribution is 6.38. The van der Waals surface area contributed by atoms with Gasteiger partial charge in [0, 0.05) is 19.2 Å². The summed E-state index contributed by atoms with van der Waals surface area (Å²) < 4.78 is 0. The summed E-state index contributed by atoms with van der Waals surface area (Å²) in [6.07, 6.45) is 4.14. The number of unbranched alkanes of at least 4 members (excludes halogenated alkanes) is 3. The molecule has 0 saturated carbocycles. The number of amides is 2. The first kappa shape index (κ1) is 21.2. The van der Waals surface area contributed by atoms with E-state index in [1.807, 2.05) is 54.6 Å². The number of nitrogens with zero attached hydrogens (tertiary/aromatic N) is 1. The van der Waals surface area contributed by atoms with Crippen LogP contribution in [0.15, 0.2) is 59.8 Å². The molecule has 3 N–H and O–H groups in total. The summed E-state index contributed by atoms with van der Waals surface area (Å²) in [5.41, 5.74) is 3.11. The van der Waals surface area contributed by atoms with E-state index in [2.05, 4.69) is 15.8 Å². The van der Waals surface area contributed by atoms with E-state index in [1.54, 1.807) is 0 Å². The van der Waals surface area contributed by atoms with Crippen molar-refractivity contribution in [3.63, 3.8) is 0 Å². The molecule has 0 aliphatic carbocycles. The molecule has 0 radical (unpaired) electrons. The number of rotatable bonds is 10. The lowest BCUT2D eigenvalue weighted by Crippen LogP contribution is -2.27. The fourth-order valence-corrected chi connectivity index (χ4v) is 2.92. The number of carbonyl (C=O) groups is 2. The summed E-state index contributed by atoms with van der Waals surface area (Å²) in [6, 6.07) is 17.9. The minimum atomic E-state index is -0.361. The molecule has 0 aliphatic rings. The van der Waals surface area contributed by atoms with Crippen molar-refractivity contribution in [3.05, 3.63) is 54.6 Å². The molecule has 2 rings (SSSR count). The topological polar surface area (TPSA) is 90.8 Å². The van der Waals surface area contributed by atoms with E-state index in [9.17, 15) is 9.59 Å². The van der Waals surface area contributed by atoms with E-state index in [0.717, 1.165) is 42.5 Å². The second-order valence-electron chi connectivity index (χ2n) is 6.54.